The lowest BCUT2D eigenvalue weighted by Crippen LogP contribution is -2.61. The fourth-order valence-electron chi connectivity index (χ4n) is 7.03. The molecule has 2 unspecified atom stereocenters. The molecule has 13 nitrogen and oxygen atoms in total. The molecule has 52 heavy (non-hydrogen) atoms. The second-order valence-electron chi connectivity index (χ2n) is 15.3. The van der Waals surface area contributed by atoms with E-state index in [9.17, 15) is 28.8 Å². The van der Waals surface area contributed by atoms with Gasteiger partial charge in [-0.05, 0) is 66.9 Å². The monoisotopic (exact) mass is 724 g/mol. The number of fused-ring (bicyclic) bond motifs is 1. The lowest BCUT2D eigenvalue weighted by Gasteiger charge is -2.35. The summed E-state index contributed by atoms with van der Waals surface area (Å²) in [5.74, 6) is -2.91. The number of hydrogen-bond acceptors (Lipinski definition) is 7. The van der Waals surface area contributed by atoms with Gasteiger partial charge in [-0.3, -0.25) is 19.2 Å². The Labute approximate surface area is 308 Å². The summed E-state index contributed by atoms with van der Waals surface area (Å²) in [6.07, 6.45) is 4.19. The van der Waals surface area contributed by atoms with Gasteiger partial charge in [-0.25, -0.2) is 9.59 Å². The number of carbonyl (C=O) groups excluding carboxylic acids is 6. The highest BCUT2D eigenvalue weighted by molar-refractivity contribution is 6.38. The van der Waals surface area contributed by atoms with Gasteiger partial charge in [0.25, 0.3) is 5.91 Å². The van der Waals surface area contributed by atoms with Crippen LogP contribution in [0.25, 0.3) is 0 Å². The molecule has 5 atom stereocenters. The molecule has 0 aromatic heterocycles. The minimum Gasteiger partial charge on any atom is -0.447 e. The maximum absolute atomic E-state index is 14.8. The summed E-state index contributed by atoms with van der Waals surface area (Å²) in [4.78, 5) is 82.2. The van der Waals surface area contributed by atoms with Gasteiger partial charge in [0.2, 0.25) is 17.6 Å². The number of unbranched alkanes of at least 4 members (excludes halogenated alkanes) is 1. The molecule has 5 N–H and O–H groups in total. The smallest absolute Gasteiger partial charge is 0.407 e. The van der Waals surface area contributed by atoms with Crippen molar-refractivity contribution in [3.63, 3.8) is 0 Å². The number of alkyl carbamates (subject to hydrolysis) is 1. The minimum atomic E-state index is -1.05. The van der Waals surface area contributed by atoms with Crippen molar-refractivity contribution in [2.24, 2.45) is 23.2 Å². The number of urea groups is 1. The third-order valence-corrected chi connectivity index (χ3v) is 10.1. The molecule has 1 aromatic rings. The van der Waals surface area contributed by atoms with Crippen LogP contribution in [0.1, 0.15) is 85.3 Å². The van der Waals surface area contributed by atoms with Gasteiger partial charge in [-0.1, -0.05) is 84.7 Å². The normalized spacial score (nSPS) is 18.8. The highest BCUT2D eigenvalue weighted by Gasteiger charge is 2.48. The van der Waals surface area contributed by atoms with Crippen molar-refractivity contribution in [1.29, 1.82) is 0 Å². The van der Waals surface area contributed by atoms with Crippen molar-refractivity contribution in [3.05, 3.63) is 48.0 Å². The Bertz CT molecular complexity index is 1420. The van der Waals surface area contributed by atoms with Crippen LogP contribution in [0.3, 0.4) is 0 Å². The number of nitrogens with zero attached hydrogens (tertiary/aromatic N) is 1. The van der Waals surface area contributed by atoms with Gasteiger partial charge >= 0.3 is 12.1 Å². The second kappa shape index (κ2) is 19.4. The molecule has 1 saturated heterocycles. The van der Waals surface area contributed by atoms with Crippen molar-refractivity contribution in [2.45, 2.75) is 111 Å². The minimum absolute atomic E-state index is 0.0251. The number of nitrogens with one attached hydrogen (secondary N) is 5. The second-order valence-corrected chi connectivity index (χ2v) is 15.3. The zero-order chi connectivity index (χ0) is 38.6. The van der Waals surface area contributed by atoms with E-state index < -0.39 is 59.3 Å². The molecule has 1 aliphatic carbocycles. The van der Waals surface area contributed by atoms with E-state index in [-0.39, 0.29) is 49.8 Å². The summed E-state index contributed by atoms with van der Waals surface area (Å²) in [6.45, 7) is 17.8. The highest BCUT2D eigenvalue weighted by Crippen LogP contribution is 2.35. The Morgan fingerprint density at radius 2 is 1.63 bits per heavy atom. The van der Waals surface area contributed by atoms with Crippen molar-refractivity contribution >= 4 is 35.6 Å². The summed E-state index contributed by atoms with van der Waals surface area (Å²) in [7, 11) is 0. The maximum Gasteiger partial charge on any atom is 0.407 e. The van der Waals surface area contributed by atoms with Gasteiger partial charge in [-0.15, -0.1) is 6.58 Å². The first-order valence-corrected chi connectivity index (χ1v) is 18.7. The number of amides is 6. The molecule has 3 rings (SSSR count). The number of ketones is 1. The Kier molecular flexibility index (Phi) is 15.7. The molecule has 288 valence electrons. The molecule has 0 spiro atoms. The summed E-state index contributed by atoms with van der Waals surface area (Å²) in [5.41, 5.74) is 1.69. The van der Waals surface area contributed by atoms with Gasteiger partial charge in [0, 0.05) is 19.6 Å². The number of carbonyl (C=O) groups is 6. The number of rotatable bonds is 17. The first-order valence-electron chi connectivity index (χ1n) is 18.7. The SMILES string of the molecule is C=CCNC(=O)C(=O)C(CCCC)NC(=O)[C@@H]1[C@@H](C(C)C)CCN1C(=O)[C@@H](NC(=O)NC(COC(=O)NCC)C(C)(C)C)C1Cc2ccccc2C1. The van der Waals surface area contributed by atoms with E-state index in [1.807, 2.05) is 65.8 Å². The summed E-state index contributed by atoms with van der Waals surface area (Å²) < 4.78 is 5.36. The lowest BCUT2D eigenvalue weighted by atomic mass is 9.87. The van der Waals surface area contributed by atoms with Crippen LogP contribution < -0.4 is 26.6 Å². The predicted molar refractivity (Wildman–Crippen MR) is 199 cm³/mol. The fourth-order valence-corrected chi connectivity index (χ4v) is 7.03. The number of hydrogen-bond donors (Lipinski definition) is 5. The van der Waals surface area contributed by atoms with E-state index in [1.165, 1.54) is 6.08 Å². The fraction of sp³-hybridized carbons (Fsp3) is 0.641. The number of likely N-dealkylation sites (tertiary alicyclic amines) is 1. The average molecular weight is 725 g/mol. The van der Waals surface area contributed by atoms with Crippen molar-refractivity contribution < 1.29 is 33.5 Å². The maximum atomic E-state index is 14.8. The molecule has 0 bridgehead atoms. The van der Waals surface area contributed by atoms with Crippen molar-refractivity contribution in [1.82, 2.24) is 31.5 Å². The largest absolute Gasteiger partial charge is 0.447 e. The Morgan fingerprint density at radius 3 is 2.19 bits per heavy atom. The standard InChI is InChI=1S/C39H60N6O7/c1-9-12-17-29(33(46)35(48)41-19-10-2)42-34(47)32-28(24(4)5)18-20-45(32)36(49)31(27-21-25-15-13-14-16-26(25)22-27)44-37(50)43-30(39(6,7)8)23-52-38(51)40-11-3/h10,13-16,24,27-32H,2,9,11-12,17-23H2,1,3-8H3,(H,40,51)(H,41,48)(H,42,47)(H2,43,44,50)/t28-,29?,30?,31+,32+/m1/s1. The molecular formula is C39H60N6O7. The molecular weight excluding hydrogens is 664 g/mol. The molecule has 1 fully saturated rings. The summed E-state index contributed by atoms with van der Waals surface area (Å²) in [5, 5.41) is 13.8. The van der Waals surface area contributed by atoms with Gasteiger partial charge in [0.15, 0.2) is 0 Å². The quantitative estimate of drug-likeness (QED) is 0.120. The number of ether oxygens (including phenoxy) is 1. The van der Waals surface area contributed by atoms with Gasteiger partial charge in [-0.2, -0.15) is 0 Å². The number of benzene rings is 1. The van der Waals surface area contributed by atoms with Crippen LogP contribution in [0.15, 0.2) is 36.9 Å². The molecule has 0 radical (unpaired) electrons. The van der Waals surface area contributed by atoms with Gasteiger partial charge in [0.05, 0.1) is 12.1 Å². The van der Waals surface area contributed by atoms with Crippen LogP contribution in [0.5, 0.6) is 0 Å². The molecule has 13 heteroatoms. The van der Waals surface area contributed by atoms with E-state index in [2.05, 4.69) is 33.2 Å². The Hall–Kier alpha value is -4.42. The average Bonchev–Trinajstić information content (AvgIpc) is 3.74. The van der Waals surface area contributed by atoms with Crippen LogP contribution in [-0.4, -0.2) is 90.9 Å². The van der Waals surface area contributed by atoms with E-state index in [0.29, 0.717) is 32.2 Å². The van der Waals surface area contributed by atoms with Gasteiger partial charge in [0.1, 0.15) is 18.7 Å². The van der Waals surface area contributed by atoms with E-state index in [1.54, 1.807) is 11.8 Å². The zero-order valence-corrected chi connectivity index (χ0v) is 32.0. The first kappa shape index (κ1) is 42.0. The topological polar surface area (TPSA) is 175 Å². The lowest BCUT2D eigenvalue weighted by molar-refractivity contribution is -0.144. The zero-order valence-electron chi connectivity index (χ0n) is 32.0. The van der Waals surface area contributed by atoms with Crippen LogP contribution in [0.4, 0.5) is 9.59 Å². The third kappa shape index (κ3) is 11.3. The van der Waals surface area contributed by atoms with Crippen molar-refractivity contribution in [3.8, 4) is 0 Å². The molecule has 1 aromatic carbocycles. The van der Waals surface area contributed by atoms with E-state index in [0.717, 1.165) is 17.5 Å². The Balaban J connectivity index is 1.92. The van der Waals surface area contributed by atoms with Crippen LogP contribution in [0, 0.1) is 23.2 Å². The molecule has 2 aliphatic rings. The summed E-state index contributed by atoms with van der Waals surface area (Å²) in [6, 6.07) is 3.81. The predicted octanol–water partition coefficient (Wildman–Crippen LogP) is 3.65. The molecule has 6 amide bonds. The molecule has 1 heterocycles. The number of Topliss-reactive ketones (excluding diaryl/α,β-unsaturated/α-hetero) is 1. The Morgan fingerprint density at radius 1 is 0.981 bits per heavy atom. The van der Waals surface area contributed by atoms with Gasteiger partial charge < -0.3 is 36.2 Å². The van der Waals surface area contributed by atoms with Crippen molar-refractivity contribution in [2.75, 3.05) is 26.2 Å². The first-order chi connectivity index (χ1) is 24.6. The summed E-state index contributed by atoms with van der Waals surface area (Å²) >= 11 is 0. The van der Waals surface area contributed by atoms with Crippen LogP contribution >= 0.6 is 0 Å². The third-order valence-electron chi connectivity index (χ3n) is 10.1. The van der Waals surface area contributed by atoms with E-state index in [4.69, 9.17) is 4.74 Å². The molecule has 1 aliphatic heterocycles. The van der Waals surface area contributed by atoms with Crippen LogP contribution in [-0.2, 0) is 36.8 Å². The van der Waals surface area contributed by atoms with Crippen LogP contribution in [0.2, 0.25) is 0 Å². The highest BCUT2D eigenvalue weighted by atomic mass is 16.5. The molecule has 0 saturated carbocycles. The van der Waals surface area contributed by atoms with E-state index >= 15 is 0 Å².